The van der Waals surface area contributed by atoms with Crippen LogP contribution in [0.3, 0.4) is 0 Å². The van der Waals surface area contributed by atoms with Crippen molar-refractivity contribution in [1.29, 1.82) is 0 Å². The summed E-state index contributed by atoms with van der Waals surface area (Å²) in [7, 11) is 0. The third-order valence-electron chi connectivity index (χ3n) is 4.34. The molecule has 21 heavy (non-hydrogen) atoms. The monoisotopic (exact) mass is 283 g/mol. The summed E-state index contributed by atoms with van der Waals surface area (Å²) in [5, 5.41) is 1.97. The molecule has 0 radical (unpaired) electrons. The van der Waals surface area contributed by atoms with Crippen molar-refractivity contribution in [3.63, 3.8) is 0 Å². The van der Waals surface area contributed by atoms with Crippen molar-refractivity contribution < 1.29 is 0 Å². The smallest absolute Gasteiger partial charge is 0.222 e. The van der Waals surface area contributed by atoms with E-state index in [0.717, 1.165) is 28.2 Å². The molecule has 0 unspecified atom stereocenters. The number of nitrogen functional groups attached to an aromatic ring is 2. The molecule has 0 spiro atoms. The maximum absolute atomic E-state index is 6.08. The summed E-state index contributed by atoms with van der Waals surface area (Å²) in [5.41, 5.74) is 15.0. The molecular weight excluding hydrogens is 262 g/mol. The molecule has 0 aliphatic heterocycles. The molecule has 5 nitrogen and oxygen atoms in total. The Morgan fingerprint density at radius 3 is 2.57 bits per heavy atom. The SMILES string of the molecule is CCC(C)(C)n1c(C)cc2c3c(N)nc(N)nc3ccc21. The molecule has 0 saturated carbocycles. The lowest BCUT2D eigenvalue weighted by Gasteiger charge is -2.28. The van der Waals surface area contributed by atoms with Gasteiger partial charge in [-0.3, -0.25) is 0 Å². The number of hydrogen-bond acceptors (Lipinski definition) is 4. The maximum Gasteiger partial charge on any atom is 0.222 e. The molecule has 0 aliphatic rings. The van der Waals surface area contributed by atoms with Crippen LogP contribution in [0.2, 0.25) is 0 Å². The van der Waals surface area contributed by atoms with Crippen molar-refractivity contribution in [2.75, 3.05) is 11.5 Å². The van der Waals surface area contributed by atoms with Crippen molar-refractivity contribution in [2.45, 2.75) is 39.7 Å². The van der Waals surface area contributed by atoms with Crippen molar-refractivity contribution in [3.05, 3.63) is 23.9 Å². The van der Waals surface area contributed by atoms with Gasteiger partial charge < -0.3 is 16.0 Å². The first-order chi connectivity index (χ1) is 9.85. The average molecular weight is 283 g/mol. The number of benzene rings is 1. The summed E-state index contributed by atoms with van der Waals surface area (Å²) in [4.78, 5) is 8.39. The third-order valence-corrected chi connectivity index (χ3v) is 4.34. The Hall–Kier alpha value is -2.30. The van der Waals surface area contributed by atoms with Crippen LogP contribution in [0.5, 0.6) is 0 Å². The zero-order valence-electron chi connectivity index (χ0n) is 12.9. The van der Waals surface area contributed by atoms with E-state index in [0.29, 0.717) is 5.82 Å². The van der Waals surface area contributed by atoms with Gasteiger partial charge in [-0.05, 0) is 45.4 Å². The lowest BCUT2D eigenvalue weighted by Crippen LogP contribution is -2.25. The zero-order chi connectivity index (χ0) is 15.4. The maximum atomic E-state index is 6.08. The average Bonchev–Trinajstić information content (AvgIpc) is 2.74. The first kappa shape index (κ1) is 13.7. The van der Waals surface area contributed by atoms with Gasteiger partial charge >= 0.3 is 0 Å². The number of fused-ring (bicyclic) bond motifs is 3. The molecule has 2 aromatic heterocycles. The Balaban J connectivity index is 2.47. The van der Waals surface area contributed by atoms with Crippen LogP contribution < -0.4 is 11.5 Å². The first-order valence-electron chi connectivity index (χ1n) is 7.19. The number of hydrogen-bond donors (Lipinski definition) is 2. The summed E-state index contributed by atoms with van der Waals surface area (Å²) in [6.07, 6.45) is 1.05. The number of nitrogens with zero attached hydrogens (tertiary/aromatic N) is 3. The highest BCUT2D eigenvalue weighted by Crippen LogP contribution is 2.35. The number of aryl methyl sites for hydroxylation is 1. The van der Waals surface area contributed by atoms with Crippen LogP contribution in [-0.2, 0) is 5.54 Å². The number of aromatic nitrogens is 3. The van der Waals surface area contributed by atoms with E-state index in [1.54, 1.807) is 0 Å². The van der Waals surface area contributed by atoms with Gasteiger partial charge in [-0.2, -0.15) is 4.98 Å². The summed E-state index contributed by atoms with van der Waals surface area (Å²) < 4.78 is 2.36. The molecule has 1 aromatic carbocycles. The van der Waals surface area contributed by atoms with E-state index < -0.39 is 0 Å². The summed E-state index contributed by atoms with van der Waals surface area (Å²) in [6, 6.07) is 6.21. The molecule has 110 valence electrons. The molecule has 0 saturated heterocycles. The van der Waals surface area contributed by atoms with Gasteiger partial charge in [0.2, 0.25) is 5.95 Å². The zero-order valence-corrected chi connectivity index (χ0v) is 12.9. The van der Waals surface area contributed by atoms with E-state index >= 15 is 0 Å². The Morgan fingerprint density at radius 2 is 1.90 bits per heavy atom. The van der Waals surface area contributed by atoms with Crippen molar-refractivity contribution >= 4 is 33.6 Å². The van der Waals surface area contributed by atoms with E-state index in [9.17, 15) is 0 Å². The molecule has 3 aromatic rings. The largest absolute Gasteiger partial charge is 0.383 e. The van der Waals surface area contributed by atoms with Crippen LogP contribution in [0.1, 0.15) is 32.9 Å². The Labute approximate surface area is 124 Å². The second kappa shape index (κ2) is 4.35. The van der Waals surface area contributed by atoms with Gasteiger partial charge in [0.05, 0.1) is 10.9 Å². The lowest BCUT2D eigenvalue weighted by atomic mass is 10.0. The minimum atomic E-state index is 0.0446. The van der Waals surface area contributed by atoms with Crippen LogP contribution in [-0.4, -0.2) is 14.5 Å². The van der Waals surface area contributed by atoms with Crippen LogP contribution in [0, 0.1) is 6.92 Å². The molecule has 5 heteroatoms. The van der Waals surface area contributed by atoms with Gasteiger partial charge in [0, 0.05) is 22.1 Å². The Kier molecular flexibility index (Phi) is 2.83. The predicted octanol–water partition coefficient (Wildman–Crippen LogP) is 3.20. The van der Waals surface area contributed by atoms with Crippen LogP contribution in [0.25, 0.3) is 21.8 Å². The summed E-state index contributed by atoms with van der Waals surface area (Å²) >= 11 is 0. The van der Waals surface area contributed by atoms with Gasteiger partial charge in [0.1, 0.15) is 5.82 Å². The fraction of sp³-hybridized carbons (Fsp3) is 0.375. The molecule has 0 amide bonds. The van der Waals surface area contributed by atoms with Gasteiger partial charge in [0.25, 0.3) is 0 Å². The van der Waals surface area contributed by atoms with E-state index in [1.165, 1.54) is 5.69 Å². The fourth-order valence-electron chi connectivity index (χ4n) is 3.05. The fourth-order valence-corrected chi connectivity index (χ4v) is 3.05. The minimum Gasteiger partial charge on any atom is -0.383 e. The number of rotatable bonds is 2. The summed E-state index contributed by atoms with van der Waals surface area (Å²) in [6.45, 7) is 8.81. The third kappa shape index (κ3) is 1.92. The van der Waals surface area contributed by atoms with E-state index in [4.69, 9.17) is 11.5 Å². The van der Waals surface area contributed by atoms with Gasteiger partial charge in [0.15, 0.2) is 0 Å². The summed E-state index contributed by atoms with van der Waals surface area (Å²) in [5.74, 6) is 0.652. The normalized spacial score (nSPS) is 12.4. The van der Waals surface area contributed by atoms with Crippen molar-refractivity contribution in [3.8, 4) is 0 Å². The molecule has 0 aliphatic carbocycles. The molecule has 4 N–H and O–H groups in total. The van der Waals surface area contributed by atoms with E-state index in [-0.39, 0.29) is 11.5 Å². The van der Waals surface area contributed by atoms with Crippen LogP contribution in [0.15, 0.2) is 18.2 Å². The number of anilines is 2. The highest BCUT2D eigenvalue weighted by atomic mass is 15.1. The molecular formula is C16H21N5. The second-order valence-electron chi connectivity index (χ2n) is 6.15. The van der Waals surface area contributed by atoms with E-state index in [1.807, 2.05) is 6.07 Å². The molecule has 0 bridgehead atoms. The molecule has 0 fully saturated rings. The highest BCUT2D eigenvalue weighted by molar-refractivity contribution is 6.10. The highest BCUT2D eigenvalue weighted by Gasteiger charge is 2.23. The number of nitrogens with two attached hydrogens (primary N) is 2. The Morgan fingerprint density at radius 1 is 1.19 bits per heavy atom. The molecule has 3 rings (SSSR count). The van der Waals surface area contributed by atoms with Crippen LogP contribution >= 0.6 is 0 Å². The van der Waals surface area contributed by atoms with Crippen molar-refractivity contribution in [2.24, 2.45) is 0 Å². The lowest BCUT2D eigenvalue weighted by molar-refractivity contribution is 0.348. The van der Waals surface area contributed by atoms with Gasteiger partial charge in [-0.25, -0.2) is 4.98 Å². The topological polar surface area (TPSA) is 82.8 Å². The van der Waals surface area contributed by atoms with Gasteiger partial charge in [-0.1, -0.05) is 6.92 Å². The Bertz CT molecular complexity index is 845. The van der Waals surface area contributed by atoms with Gasteiger partial charge in [-0.15, -0.1) is 0 Å². The molecule has 2 heterocycles. The van der Waals surface area contributed by atoms with Crippen molar-refractivity contribution in [1.82, 2.24) is 14.5 Å². The van der Waals surface area contributed by atoms with Crippen LogP contribution in [0.4, 0.5) is 11.8 Å². The minimum absolute atomic E-state index is 0.0446. The second-order valence-corrected chi connectivity index (χ2v) is 6.15. The van der Waals surface area contributed by atoms with E-state index in [2.05, 4.69) is 54.4 Å². The molecule has 0 atom stereocenters. The predicted molar refractivity (Wildman–Crippen MR) is 88.2 cm³/mol. The first-order valence-corrected chi connectivity index (χ1v) is 7.19. The standard InChI is InChI=1S/C16H21N5/c1-5-16(3,4)21-9(2)8-10-12(21)7-6-11-13(10)14(17)20-15(18)19-11/h6-8H,5H2,1-4H3,(H4,17,18,19,20). The quantitative estimate of drug-likeness (QED) is 0.756.